The van der Waals surface area contributed by atoms with Gasteiger partial charge in [0.1, 0.15) is 0 Å². The third-order valence-corrected chi connectivity index (χ3v) is 2.47. The highest BCUT2D eigenvalue weighted by Crippen LogP contribution is 2.04. The van der Waals surface area contributed by atoms with Gasteiger partial charge in [0.05, 0.1) is 13.2 Å². The minimum Gasteiger partial charge on any atom is -0.402 e. The normalized spacial score (nSPS) is 10.3. The summed E-state index contributed by atoms with van der Waals surface area (Å²) in [7, 11) is -1.20. The van der Waals surface area contributed by atoms with E-state index in [1.165, 1.54) is 0 Å². The Kier molecular flexibility index (Phi) is 4.96. The number of hydrogen-bond donors (Lipinski definition) is 1. The van der Waals surface area contributed by atoms with Crippen LogP contribution in [0.1, 0.15) is 11.1 Å². The maximum Gasteiger partial charge on any atom is 0.637 e. The lowest BCUT2D eigenvalue weighted by molar-refractivity contribution is 0.119. The highest BCUT2D eigenvalue weighted by molar-refractivity contribution is 6.34. The van der Waals surface area contributed by atoms with Gasteiger partial charge in [-0.25, -0.2) is 0 Å². The summed E-state index contributed by atoms with van der Waals surface area (Å²) in [6.07, 6.45) is 0. The lowest BCUT2D eigenvalue weighted by Crippen LogP contribution is -2.22. The molecule has 0 radical (unpaired) electrons. The average Bonchev–Trinajstić information content (AvgIpc) is 2.45. The summed E-state index contributed by atoms with van der Waals surface area (Å²) >= 11 is 0. The van der Waals surface area contributed by atoms with Crippen molar-refractivity contribution in [1.82, 2.24) is 0 Å². The van der Waals surface area contributed by atoms with Crippen LogP contribution in [0, 0.1) is 0 Å². The largest absolute Gasteiger partial charge is 0.637 e. The second kappa shape index (κ2) is 6.96. The summed E-state index contributed by atoms with van der Waals surface area (Å²) in [5.74, 6) is 0. The van der Waals surface area contributed by atoms with Crippen molar-refractivity contribution in [3.63, 3.8) is 0 Å². The van der Waals surface area contributed by atoms with Crippen LogP contribution in [0.4, 0.5) is 0 Å². The van der Waals surface area contributed by atoms with Crippen molar-refractivity contribution in [2.45, 2.75) is 13.2 Å². The van der Waals surface area contributed by atoms with E-state index in [9.17, 15) is 5.02 Å². The van der Waals surface area contributed by atoms with Crippen LogP contribution in [-0.2, 0) is 22.5 Å². The van der Waals surface area contributed by atoms with Crippen molar-refractivity contribution in [3.8, 4) is 0 Å². The van der Waals surface area contributed by atoms with Gasteiger partial charge < -0.3 is 14.3 Å². The monoisotopic (exact) mass is 242 g/mol. The highest BCUT2D eigenvalue weighted by Gasteiger charge is 2.15. The number of hydrogen-bond acceptors (Lipinski definition) is 3. The minimum atomic E-state index is -1.20. The van der Waals surface area contributed by atoms with E-state index >= 15 is 0 Å². The Labute approximate surface area is 107 Å². The molecule has 1 N–H and O–H groups in total. The molecule has 3 nitrogen and oxygen atoms in total. The molecule has 0 atom stereocenters. The van der Waals surface area contributed by atoms with Gasteiger partial charge in [0, 0.05) is 0 Å². The van der Waals surface area contributed by atoms with Crippen molar-refractivity contribution in [2.24, 2.45) is 0 Å². The summed E-state index contributed by atoms with van der Waals surface area (Å²) in [6.45, 7) is 0.660. The van der Waals surface area contributed by atoms with Gasteiger partial charge in [0.15, 0.2) is 0 Å². The molecule has 2 rings (SSSR count). The molecule has 0 spiro atoms. The van der Waals surface area contributed by atoms with E-state index in [-0.39, 0.29) is 0 Å². The molecule has 0 amide bonds. The smallest absolute Gasteiger partial charge is 0.402 e. The summed E-state index contributed by atoms with van der Waals surface area (Å²) in [6, 6.07) is 19.3. The lowest BCUT2D eigenvalue weighted by Gasteiger charge is -2.08. The molecule has 4 heteroatoms. The van der Waals surface area contributed by atoms with Gasteiger partial charge in [-0.3, -0.25) is 0 Å². The van der Waals surface area contributed by atoms with Gasteiger partial charge >= 0.3 is 7.32 Å². The quantitative estimate of drug-likeness (QED) is 0.790. The Hall–Kier alpha value is -1.62. The molecule has 18 heavy (non-hydrogen) atoms. The average molecular weight is 242 g/mol. The standard InChI is InChI=1S/C14H15BO3/c16-15(17-11-13-7-3-1-4-8-13)18-12-14-9-5-2-6-10-14/h1-10,16H,11-12H2. The molecule has 0 aromatic heterocycles. The van der Waals surface area contributed by atoms with Crippen LogP contribution in [0.2, 0.25) is 0 Å². The van der Waals surface area contributed by atoms with Crippen molar-refractivity contribution in [2.75, 3.05) is 0 Å². The van der Waals surface area contributed by atoms with Crippen LogP contribution >= 0.6 is 0 Å². The van der Waals surface area contributed by atoms with Gasteiger partial charge in [-0.05, 0) is 11.1 Å². The molecule has 2 aromatic rings. The highest BCUT2D eigenvalue weighted by atomic mass is 16.7. The summed E-state index contributed by atoms with van der Waals surface area (Å²) in [5, 5.41) is 9.53. The number of rotatable bonds is 6. The van der Waals surface area contributed by atoms with Gasteiger partial charge in [-0.2, -0.15) is 0 Å². The van der Waals surface area contributed by atoms with E-state index in [2.05, 4.69) is 0 Å². The first-order chi connectivity index (χ1) is 8.84. The molecule has 0 saturated heterocycles. The Morgan fingerprint density at radius 3 is 1.50 bits per heavy atom. The first-order valence-corrected chi connectivity index (χ1v) is 5.84. The first kappa shape index (κ1) is 12.8. The molecule has 0 aliphatic heterocycles. The maximum atomic E-state index is 9.53. The third-order valence-electron chi connectivity index (χ3n) is 2.47. The molecule has 0 aliphatic carbocycles. The predicted molar refractivity (Wildman–Crippen MR) is 70.4 cm³/mol. The van der Waals surface area contributed by atoms with E-state index in [1.54, 1.807) is 0 Å². The van der Waals surface area contributed by atoms with Crippen molar-refractivity contribution < 1.29 is 14.3 Å². The molecular formula is C14H15BO3. The zero-order chi connectivity index (χ0) is 12.6. The van der Waals surface area contributed by atoms with Crippen LogP contribution in [0.3, 0.4) is 0 Å². The third kappa shape index (κ3) is 4.33. The zero-order valence-electron chi connectivity index (χ0n) is 10.0. The molecule has 0 bridgehead atoms. The van der Waals surface area contributed by atoms with E-state index in [0.717, 1.165) is 11.1 Å². The Morgan fingerprint density at radius 2 is 1.11 bits per heavy atom. The second-order valence-corrected chi connectivity index (χ2v) is 3.90. The van der Waals surface area contributed by atoms with Crippen molar-refractivity contribution in [3.05, 3.63) is 71.8 Å². The fraction of sp³-hybridized carbons (Fsp3) is 0.143. The topological polar surface area (TPSA) is 38.7 Å². The summed E-state index contributed by atoms with van der Waals surface area (Å²) in [4.78, 5) is 0. The van der Waals surface area contributed by atoms with Crippen LogP contribution in [0.15, 0.2) is 60.7 Å². The fourth-order valence-electron chi connectivity index (χ4n) is 1.53. The molecule has 0 aliphatic rings. The Bertz CT molecular complexity index is 404. The second-order valence-electron chi connectivity index (χ2n) is 3.90. The Morgan fingerprint density at radius 1 is 0.722 bits per heavy atom. The van der Waals surface area contributed by atoms with E-state index < -0.39 is 7.32 Å². The van der Waals surface area contributed by atoms with Crippen molar-refractivity contribution >= 4 is 7.32 Å². The van der Waals surface area contributed by atoms with E-state index in [0.29, 0.717) is 13.2 Å². The first-order valence-electron chi connectivity index (χ1n) is 5.84. The molecule has 2 aromatic carbocycles. The number of benzene rings is 2. The molecule has 0 fully saturated rings. The van der Waals surface area contributed by atoms with Crippen LogP contribution in [0.5, 0.6) is 0 Å². The van der Waals surface area contributed by atoms with Gasteiger partial charge in [0.2, 0.25) is 0 Å². The predicted octanol–water partition coefficient (Wildman–Crippen LogP) is 2.40. The molecule has 0 unspecified atom stereocenters. The van der Waals surface area contributed by atoms with E-state index in [4.69, 9.17) is 9.31 Å². The van der Waals surface area contributed by atoms with Crippen molar-refractivity contribution in [1.29, 1.82) is 0 Å². The zero-order valence-corrected chi connectivity index (χ0v) is 10.0. The van der Waals surface area contributed by atoms with Gasteiger partial charge in [0.25, 0.3) is 0 Å². The molecule has 92 valence electrons. The Balaban J connectivity index is 1.71. The van der Waals surface area contributed by atoms with Gasteiger partial charge in [-0.1, -0.05) is 60.7 Å². The molecule has 0 saturated carbocycles. The fourth-order valence-corrected chi connectivity index (χ4v) is 1.53. The van der Waals surface area contributed by atoms with Gasteiger partial charge in [-0.15, -0.1) is 0 Å². The van der Waals surface area contributed by atoms with E-state index in [1.807, 2.05) is 60.7 Å². The molecule has 0 heterocycles. The maximum absolute atomic E-state index is 9.53. The summed E-state index contributed by atoms with van der Waals surface area (Å²) < 4.78 is 10.4. The SMILES string of the molecule is OB(OCc1ccccc1)OCc1ccccc1. The summed E-state index contributed by atoms with van der Waals surface area (Å²) in [5.41, 5.74) is 2.00. The van der Waals surface area contributed by atoms with Crippen LogP contribution in [-0.4, -0.2) is 12.3 Å². The van der Waals surface area contributed by atoms with Crippen LogP contribution < -0.4 is 0 Å². The minimum absolute atomic E-state index is 0.330. The molecular weight excluding hydrogens is 227 g/mol. The lowest BCUT2D eigenvalue weighted by atomic mass is 10.2. The van der Waals surface area contributed by atoms with Crippen LogP contribution in [0.25, 0.3) is 0 Å².